The molecule has 1 aromatic heterocycles. The lowest BCUT2D eigenvalue weighted by molar-refractivity contribution is 0.333. The van der Waals surface area contributed by atoms with Crippen LogP contribution in [-0.2, 0) is 6.42 Å². The predicted molar refractivity (Wildman–Crippen MR) is 74.1 cm³/mol. The fourth-order valence-corrected chi connectivity index (χ4v) is 2.08. The van der Waals surface area contributed by atoms with Gasteiger partial charge in [0.1, 0.15) is 18.2 Å². The van der Waals surface area contributed by atoms with Crippen molar-refractivity contribution >= 4 is 22.4 Å². The maximum Gasteiger partial charge on any atom is 0.202 e. The molecule has 0 radical (unpaired) electrons. The summed E-state index contributed by atoms with van der Waals surface area (Å²) in [5, 5.41) is 4.01. The number of benzene rings is 1. The SMILES string of the molecule is CCc1nsc(NCCOc2cccc(N)c2)n1. The fourth-order valence-electron chi connectivity index (χ4n) is 1.40. The van der Waals surface area contributed by atoms with Crippen molar-refractivity contribution in [3.8, 4) is 5.75 Å². The molecular weight excluding hydrogens is 248 g/mol. The van der Waals surface area contributed by atoms with Gasteiger partial charge in [-0.3, -0.25) is 0 Å². The minimum absolute atomic E-state index is 0.560. The van der Waals surface area contributed by atoms with Crippen LogP contribution < -0.4 is 15.8 Å². The molecule has 0 unspecified atom stereocenters. The van der Waals surface area contributed by atoms with Crippen LogP contribution in [0, 0.1) is 0 Å². The predicted octanol–water partition coefficient (Wildman–Crippen LogP) is 2.17. The Kier molecular flexibility index (Phi) is 4.35. The third kappa shape index (κ3) is 3.59. The summed E-state index contributed by atoms with van der Waals surface area (Å²) >= 11 is 1.38. The Morgan fingerprint density at radius 1 is 1.44 bits per heavy atom. The second-order valence-corrected chi connectivity index (χ2v) is 4.47. The van der Waals surface area contributed by atoms with E-state index in [9.17, 15) is 0 Å². The van der Waals surface area contributed by atoms with Crippen molar-refractivity contribution in [1.29, 1.82) is 0 Å². The summed E-state index contributed by atoms with van der Waals surface area (Å²) in [4.78, 5) is 4.31. The van der Waals surface area contributed by atoms with Gasteiger partial charge in [-0.25, -0.2) is 4.98 Å². The number of ether oxygens (including phenoxy) is 1. The molecule has 0 aliphatic rings. The first kappa shape index (κ1) is 12.6. The van der Waals surface area contributed by atoms with E-state index in [0.717, 1.165) is 23.1 Å². The van der Waals surface area contributed by atoms with Gasteiger partial charge >= 0.3 is 0 Å². The number of rotatable bonds is 6. The molecular formula is C12H16N4OS. The normalized spacial score (nSPS) is 10.3. The van der Waals surface area contributed by atoms with Gasteiger partial charge in [0.15, 0.2) is 0 Å². The van der Waals surface area contributed by atoms with Crippen molar-refractivity contribution in [2.45, 2.75) is 13.3 Å². The number of aromatic nitrogens is 2. The third-order valence-electron chi connectivity index (χ3n) is 2.29. The lowest BCUT2D eigenvalue weighted by Crippen LogP contribution is -2.11. The van der Waals surface area contributed by atoms with Crippen LogP contribution in [0.1, 0.15) is 12.7 Å². The van der Waals surface area contributed by atoms with E-state index in [2.05, 4.69) is 14.7 Å². The zero-order chi connectivity index (χ0) is 12.8. The van der Waals surface area contributed by atoms with E-state index in [1.54, 1.807) is 6.07 Å². The topological polar surface area (TPSA) is 73.1 Å². The van der Waals surface area contributed by atoms with Crippen molar-refractivity contribution < 1.29 is 4.74 Å². The van der Waals surface area contributed by atoms with Crippen LogP contribution in [0.4, 0.5) is 10.8 Å². The van der Waals surface area contributed by atoms with E-state index in [0.29, 0.717) is 18.8 Å². The number of aryl methyl sites for hydroxylation is 1. The molecule has 0 aliphatic carbocycles. The van der Waals surface area contributed by atoms with E-state index in [4.69, 9.17) is 10.5 Å². The van der Waals surface area contributed by atoms with Crippen molar-refractivity contribution in [3.05, 3.63) is 30.1 Å². The van der Waals surface area contributed by atoms with E-state index in [1.807, 2.05) is 25.1 Å². The average molecular weight is 264 g/mol. The number of nitrogens with two attached hydrogens (primary N) is 1. The molecule has 0 atom stereocenters. The fraction of sp³-hybridized carbons (Fsp3) is 0.333. The van der Waals surface area contributed by atoms with Gasteiger partial charge in [-0.05, 0) is 12.1 Å². The molecule has 0 spiro atoms. The molecule has 5 nitrogen and oxygen atoms in total. The molecule has 0 saturated heterocycles. The number of anilines is 2. The quantitative estimate of drug-likeness (QED) is 0.618. The van der Waals surface area contributed by atoms with Gasteiger partial charge in [0.2, 0.25) is 5.13 Å². The van der Waals surface area contributed by atoms with Crippen molar-refractivity contribution in [1.82, 2.24) is 9.36 Å². The minimum atomic E-state index is 0.560. The Morgan fingerprint density at radius 2 is 2.33 bits per heavy atom. The molecule has 0 saturated carbocycles. The van der Waals surface area contributed by atoms with Crippen LogP contribution in [0.2, 0.25) is 0 Å². The number of hydrogen-bond acceptors (Lipinski definition) is 6. The number of nitrogen functional groups attached to an aromatic ring is 1. The molecule has 0 aliphatic heterocycles. The van der Waals surface area contributed by atoms with E-state index < -0.39 is 0 Å². The zero-order valence-corrected chi connectivity index (χ0v) is 11.0. The first-order valence-corrected chi connectivity index (χ1v) is 6.60. The Morgan fingerprint density at radius 3 is 3.06 bits per heavy atom. The van der Waals surface area contributed by atoms with Crippen LogP contribution in [0.25, 0.3) is 0 Å². The summed E-state index contributed by atoms with van der Waals surface area (Å²) in [6, 6.07) is 7.39. The largest absolute Gasteiger partial charge is 0.492 e. The Hall–Kier alpha value is -1.82. The van der Waals surface area contributed by atoms with Crippen LogP contribution in [0.3, 0.4) is 0 Å². The maximum atomic E-state index is 5.66. The minimum Gasteiger partial charge on any atom is -0.492 e. The number of nitrogens with one attached hydrogen (secondary N) is 1. The number of nitrogens with zero attached hydrogens (tertiary/aromatic N) is 2. The Balaban J connectivity index is 1.72. The molecule has 1 aromatic carbocycles. The molecule has 0 fully saturated rings. The lowest BCUT2D eigenvalue weighted by Gasteiger charge is -2.06. The standard InChI is InChI=1S/C12H16N4OS/c1-2-11-15-12(18-16-11)14-6-7-17-10-5-3-4-9(13)8-10/h3-5,8H,2,6-7,13H2,1H3,(H,14,15,16). The van der Waals surface area contributed by atoms with Crippen molar-refractivity contribution in [3.63, 3.8) is 0 Å². The highest BCUT2D eigenvalue weighted by Gasteiger charge is 2.01. The smallest absolute Gasteiger partial charge is 0.202 e. The van der Waals surface area contributed by atoms with Crippen molar-refractivity contribution in [2.24, 2.45) is 0 Å². The molecule has 6 heteroatoms. The highest BCUT2D eigenvalue weighted by molar-refractivity contribution is 7.09. The van der Waals surface area contributed by atoms with Crippen LogP contribution in [0.15, 0.2) is 24.3 Å². The van der Waals surface area contributed by atoms with Gasteiger partial charge < -0.3 is 15.8 Å². The van der Waals surface area contributed by atoms with Gasteiger partial charge in [0.05, 0.1) is 6.54 Å². The van der Waals surface area contributed by atoms with E-state index in [1.165, 1.54) is 11.5 Å². The zero-order valence-electron chi connectivity index (χ0n) is 10.2. The average Bonchev–Trinajstić information content (AvgIpc) is 2.83. The molecule has 0 bridgehead atoms. The van der Waals surface area contributed by atoms with E-state index in [-0.39, 0.29) is 0 Å². The summed E-state index contributed by atoms with van der Waals surface area (Å²) in [6.45, 7) is 3.28. The maximum absolute atomic E-state index is 5.66. The Labute approximate surface area is 110 Å². The Bertz CT molecular complexity index is 500. The second kappa shape index (κ2) is 6.20. The van der Waals surface area contributed by atoms with Gasteiger partial charge in [0, 0.05) is 29.7 Å². The first-order valence-electron chi connectivity index (χ1n) is 5.82. The number of hydrogen-bond donors (Lipinski definition) is 2. The second-order valence-electron chi connectivity index (χ2n) is 3.72. The first-order chi connectivity index (χ1) is 8.78. The summed E-state index contributed by atoms with van der Waals surface area (Å²) in [5.74, 6) is 1.66. The third-order valence-corrected chi connectivity index (χ3v) is 3.00. The van der Waals surface area contributed by atoms with Gasteiger partial charge in [-0.2, -0.15) is 4.37 Å². The van der Waals surface area contributed by atoms with Crippen LogP contribution >= 0.6 is 11.5 Å². The van der Waals surface area contributed by atoms with Gasteiger partial charge in [0.25, 0.3) is 0 Å². The highest BCUT2D eigenvalue weighted by Crippen LogP contribution is 2.14. The van der Waals surface area contributed by atoms with Crippen LogP contribution in [-0.4, -0.2) is 22.5 Å². The lowest BCUT2D eigenvalue weighted by atomic mass is 10.3. The highest BCUT2D eigenvalue weighted by atomic mass is 32.1. The van der Waals surface area contributed by atoms with E-state index >= 15 is 0 Å². The monoisotopic (exact) mass is 264 g/mol. The van der Waals surface area contributed by atoms with Gasteiger partial charge in [-0.15, -0.1) is 0 Å². The molecule has 0 amide bonds. The molecule has 2 rings (SSSR count). The summed E-state index contributed by atoms with van der Waals surface area (Å²) in [6.07, 6.45) is 0.859. The molecule has 3 N–H and O–H groups in total. The molecule has 2 aromatic rings. The molecule has 96 valence electrons. The van der Waals surface area contributed by atoms with Crippen LogP contribution in [0.5, 0.6) is 5.75 Å². The summed E-state index contributed by atoms with van der Waals surface area (Å²) in [7, 11) is 0. The molecule has 1 heterocycles. The van der Waals surface area contributed by atoms with Gasteiger partial charge in [-0.1, -0.05) is 13.0 Å². The molecule has 18 heavy (non-hydrogen) atoms. The summed E-state index contributed by atoms with van der Waals surface area (Å²) < 4.78 is 9.75. The van der Waals surface area contributed by atoms with Crippen molar-refractivity contribution in [2.75, 3.05) is 24.2 Å². The summed E-state index contributed by atoms with van der Waals surface area (Å²) in [5.41, 5.74) is 6.37.